The van der Waals surface area contributed by atoms with Crippen LogP contribution in [0.4, 0.5) is 0 Å². The fourth-order valence-electron chi connectivity index (χ4n) is 1.97. The molecular formula is C10H17NO2. The molecule has 0 radical (unpaired) electrons. The average Bonchev–Trinajstić information content (AvgIpc) is 2.93. The summed E-state index contributed by atoms with van der Waals surface area (Å²) in [6.07, 6.45) is 5.07. The Labute approximate surface area is 79.0 Å². The summed E-state index contributed by atoms with van der Waals surface area (Å²) in [5.74, 6) is 0.975. The molecule has 0 aromatic heterocycles. The third-order valence-corrected chi connectivity index (χ3v) is 3.00. The molecule has 13 heavy (non-hydrogen) atoms. The molecule has 1 saturated heterocycles. The van der Waals surface area contributed by atoms with Crippen molar-refractivity contribution < 1.29 is 9.53 Å². The standard InChI is InChI=1S/C10H17NO2/c12-8-13-10-3-5-11(6-4-10)7-9-1-2-9/h8-10H,1-7H2. The lowest BCUT2D eigenvalue weighted by molar-refractivity contribution is -0.135. The lowest BCUT2D eigenvalue weighted by Crippen LogP contribution is -2.37. The molecule has 0 aromatic carbocycles. The zero-order valence-corrected chi connectivity index (χ0v) is 7.95. The number of piperidine rings is 1. The highest BCUT2D eigenvalue weighted by Crippen LogP contribution is 2.30. The molecule has 0 aromatic rings. The molecule has 1 aliphatic carbocycles. The van der Waals surface area contributed by atoms with E-state index in [-0.39, 0.29) is 6.10 Å². The van der Waals surface area contributed by atoms with Crippen molar-refractivity contribution in [3.8, 4) is 0 Å². The number of ether oxygens (including phenoxy) is 1. The molecule has 0 bridgehead atoms. The third-order valence-electron chi connectivity index (χ3n) is 3.00. The van der Waals surface area contributed by atoms with Gasteiger partial charge in [0.15, 0.2) is 0 Å². The molecule has 0 spiro atoms. The van der Waals surface area contributed by atoms with Gasteiger partial charge in [0.2, 0.25) is 0 Å². The Hall–Kier alpha value is -0.570. The van der Waals surface area contributed by atoms with Crippen LogP contribution in [0.25, 0.3) is 0 Å². The first-order chi connectivity index (χ1) is 6.38. The maximum absolute atomic E-state index is 10.1. The number of rotatable bonds is 4. The molecule has 3 nitrogen and oxygen atoms in total. The summed E-state index contributed by atoms with van der Waals surface area (Å²) < 4.78 is 4.94. The first-order valence-corrected chi connectivity index (χ1v) is 5.20. The van der Waals surface area contributed by atoms with Crippen LogP contribution in [0.3, 0.4) is 0 Å². The number of nitrogens with zero attached hydrogens (tertiary/aromatic N) is 1. The lowest BCUT2D eigenvalue weighted by atomic mass is 10.1. The van der Waals surface area contributed by atoms with E-state index in [2.05, 4.69) is 4.90 Å². The molecule has 0 atom stereocenters. The highest BCUT2D eigenvalue weighted by atomic mass is 16.5. The van der Waals surface area contributed by atoms with Crippen molar-refractivity contribution >= 4 is 6.47 Å². The van der Waals surface area contributed by atoms with Gasteiger partial charge in [0, 0.05) is 19.6 Å². The Morgan fingerprint density at radius 2 is 1.92 bits per heavy atom. The average molecular weight is 183 g/mol. The fraction of sp³-hybridized carbons (Fsp3) is 0.900. The molecular weight excluding hydrogens is 166 g/mol. The molecule has 1 aliphatic heterocycles. The maximum Gasteiger partial charge on any atom is 0.293 e. The van der Waals surface area contributed by atoms with Gasteiger partial charge in [0.1, 0.15) is 6.10 Å². The van der Waals surface area contributed by atoms with Crippen molar-refractivity contribution in [1.29, 1.82) is 0 Å². The zero-order chi connectivity index (χ0) is 9.10. The summed E-state index contributed by atoms with van der Waals surface area (Å²) in [4.78, 5) is 12.6. The van der Waals surface area contributed by atoms with Crippen molar-refractivity contribution in [2.45, 2.75) is 31.8 Å². The van der Waals surface area contributed by atoms with Gasteiger partial charge in [0.25, 0.3) is 6.47 Å². The topological polar surface area (TPSA) is 29.5 Å². The van der Waals surface area contributed by atoms with E-state index in [0.717, 1.165) is 31.8 Å². The van der Waals surface area contributed by atoms with Crippen molar-refractivity contribution in [3.63, 3.8) is 0 Å². The van der Waals surface area contributed by atoms with E-state index in [1.165, 1.54) is 19.4 Å². The van der Waals surface area contributed by atoms with E-state index < -0.39 is 0 Å². The molecule has 0 N–H and O–H groups in total. The van der Waals surface area contributed by atoms with E-state index in [1.807, 2.05) is 0 Å². The monoisotopic (exact) mass is 183 g/mol. The molecule has 2 rings (SSSR count). The number of hydrogen-bond acceptors (Lipinski definition) is 3. The minimum absolute atomic E-state index is 0.188. The number of likely N-dealkylation sites (tertiary alicyclic amines) is 1. The smallest absolute Gasteiger partial charge is 0.293 e. The number of carbonyl (C=O) groups is 1. The molecule has 3 heteroatoms. The van der Waals surface area contributed by atoms with Gasteiger partial charge in [-0.15, -0.1) is 0 Å². The van der Waals surface area contributed by atoms with Gasteiger partial charge in [-0.1, -0.05) is 0 Å². The lowest BCUT2D eigenvalue weighted by Gasteiger charge is -2.30. The first kappa shape index (κ1) is 9.00. The van der Waals surface area contributed by atoms with Gasteiger partial charge in [-0.05, 0) is 31.6 Å². The Balaban J connectivity index is 1.65. The fourth-order valence-corrected chi connectivity index (χ4v) is 1.97. The van der Waals surface area contributed by atoms with E-state index in [9.17, 15) is 4.79 Å². The highest BCUT2D eigenvalue weighted by Gasteiger charge is 2.27. The quantitative estimate of drug-likeness (QED) is 0.610. The molecule has 1 saturated carbocycles. The van der Waals surface area contributed by atoms with Crippen LogP contribution in [0.15, 0.2) is 0 Å². The minimum Gasteiger partial charge on any atom is -0.464 e. The summed E-state index contributed by atoms with van der Waals surface area (Å²) in [5.41, 5.74) is 0. The van der Waals surface area contributed by atoms with E-state index in [1.54, 1.807) is 0 Å². The largest absolute Gasteiger partial charge is 0.464 e. The van der Waals surface area contributed by atoms with Crippen LogP contribution < -0.4 is 0 Å². The van der Waals surface area contributed by atoms with E-state index in [0.29, 0.717) is 6.47 Å². The SMILES string of the molecule is O=COC1CCN(CC2CC2)CC1. The third kappa shape index (κ3) is 2.69. The van der Waals surface area contributed by atoms with E-state index in [4.69, 9.17) is 4.74 Å². The number of hydrogen-bond donors (Lipinski definition) is 0. The van der Waals surface area contributed by atoms with Gasteiger partial charge >= 0.3 is 0 Å². The second kappa shape index (κ2) is 4.09. The van der Waals surface area contributed by atoms with Crippen molar-refractivity contribution in [3.05, 3.63) is 0 Å². The summed E-state index contributed by atoms with van der Waals surface area (Å²) in [6.45, 7) is 4.07. The van der Waals surface area contributed by atoms with Gasteiger partial charge in [-0.25, -0.2) is 0 Å². The maximum atomic E-state index is 10.1. The Kier molecular flexibility index (Phi) is 2.83. The molecule has 2 aliphatic rings. The molecule has 1 heterocycles. The van der Waals surface area contributed by atoms with Crippen molar-refractivity contribution in [2.24, 2.45) is 5.92 Å². The zero-order valence-electron chi connectivity index (χ0n) is 7.95. The van der Waals surface area contributed by atoms with Crippen LogP contribution in [0, 0.1) is 5.92 Å². The van der Waals surface area contributed by atoms with Crippen LogP contribution >= 0.6 is 0 Å². The van der Waals surface area contributed by atoms with Crippen molar-refractivity contribution in [2.75, 3.05) is 19.6 Å². The highest BCUT2D eigenvalue weighted by molar-refractivity contribution is 5.37. The molecule has 0 amide bonds. The summed E-state index contributed by atoms with van der Waals surface area (Å²) in [7, 11) is 0. The van der Waals surface area contributed by atoms with Gasteiger partial charge in [0.05, 0.1) is 0 Å². The van der Waals surface area contributed by atoms with Crippen LogP contribution in [0.5, 0.6) is 0 Å². The number of carbonyl (C=O) groups excluding carboxylic acids is 1. The first-order valence-electron chi connectivity index (χ1n) is 5.20. The predicted octanol–water partition coefficient (Wildman–Crippen LogP) is 1.03. The Bertz CT molecular complexity index is 172. The minimum atomic E-state index is 0.188. The Morgan fingerprint density at radius 3 is 2.46 bits per heavy atom. The van der Waals surface area contributed by atoms with Crippen molar-refractivity contribution in [1.82, 2.24) is 4.90 Å². The van der Waals surface area contributed by atoms with Crippen LogP contribution in [-0.4, -0.2) is 37.1 Å². The van der Waals surface area contributed by atoms with Crippen LogP contribution in [0.1, 0.15) is 25.7 Å². The summed E-state index contributed by atoms with van der Waals surface area (Å²) >= 11 is 0. The summed E-state index contributed by atoms with van der Waals surface area (Å²) in [5, 5.41) is 0. The van der Waals surface area contributed by atoms with Gasteiger partial charge in [-0.3, -0.25) is 4.79 Å². The summed E-state index contributed by atoms with van der Waals surface area (Å²) in [6, 6.07) is 0. The van der Waals surface area contributed by atoms with E-state index >= 15 is 0 Å². The van der Waals surface area contributed by atoms with Crippen LogP contribution in [0.2, 0.25) is 0 Å². The van der Waals surface area contributed by atoms with Gasteiger partial charge in [-0.2, -0.15) is 0 Å². The molecule has 74 valence electrons. The predicted molar refractivity (Wildman–Crippen MR) is 49.3 cm³/mol. The van der Waals surface area contributed by atoms with Crippen LogP contribution in [-0.2, 0) is 9.53 Å². The molecule has 2 fully saturated rings. The van der Waals surface area contributed by atoms with Gasteiger partial charge < -0.3 is 9.64 Å². The normalized spacial score (nSPS) is 25.8. The Morgan fingerprint density at radius 1 is 1.23 bits per heavy atom. The molecule has 0 unspecified atom stereocenters. The second-order valence-corrected chi connectivity index (χ2v) is 4.18. The second-order valence-electron chi connectivity index (χ2n) is 4.18.